The van der Waals surface area contributed by atoms with Crippen LogP contribution >= 0.6 is 11.3 Å². The normalized spacial score (nSPS) is 11.2. The topological polar surface area (TPSA) is 77.4 Å². The molecule has 2 heterocycles. The van der Waals surface area contributed by atoms with Crippen molar-refractivity contribution in [1.29, 1.82) is 0 Å². The van der Waals surface area contributed by atoms with E-state index in [1.807, 2.05) is 0 Å². The SMILES string of the molecule is COC(=O)c1sccc1-n1cccc1C(=O)C(=O)Nc1cccc(C(F)(F)F)c1. The van der Waals surface area contributed by atoms with Gasteiger partial charge >= 0.3 is 12.1 Å². The second-order valence-corrected chi connectivity index (χ2v) is 6.67. The number of carbonyl (C=O) groups excluding carboxylic acids is 3. The number of rotatable bonds is 5. The van der Waals surface area contributed by atoms with Gasteiger partial charge in [0.1, 0.15) is 4.88 Å². The maximum atomic E-state index is 12.8. The van der Waals surface area contributed by atoms with Crippen molar-refractivity contribution in [3.63, 3.8) is 0 Å². The molecular weight excluding hydrogens is 409 g/mol. The van der Waals surface area contributed by atoms with E-state index in [2.05, 4.69) is 5.32 Å². The van der Waals surface area contributed by atoms with E-state index >= 15 is 0 Å². The Morgan fingerprint density at radius 1 is 1.10 bits per heavy atom. The summed E-state index contributed by atoms with van der Waals surface area (Å²) in [6, 6.07) is 8.41. The van der Waals surface area contributed by atoms with Crippen LogP contribution in [-0.4, -0.2) is 29.3 Å². The van der Waals surface area contributed by atoms with Crippen molar-refractivity contribution in [2.75, 3.05) is 12.4 Å². The fourth-order valence-electron chi connectivity index (χ4n) is 2.59. The summed E-state index contributed by atoms with van der Waals surface area (Å²) in [5.41, 5.74) is -0.825. The van der Waals surface area contributed by atoms with E-state index in [-0.39, 0.29) is 16.3 Å². The standard InChI is InChI=1S/C19H13F3N2O4S/c1-28-18(27)16-14(7-9-29-16)24-8-3-6-13(24)15(25)17(26)23-12-5-2-4-11(10-12)19(20,21)22/h2-10H,1H3,(H,23,26). The summed E-state index contributed by atoms with van der Waals surface area (Å²) in [6.07, 6.45) is -3.10. The lowest BCUT2D eigenvalue weighted by Gasteiger charge is -2.11. The van der Waals surface area contributed by atoms with E-state index in [0.29, 0.717) is 5.69 Å². The van der Waals surface area contributed by atoms with Crippen LogP contribution in [0.3, 0.4) is 0 Å². The smallest absolute Gasteiger partial charge is 0.416 e. The number of hydrogen-bond acceptors (Lipinski definition) is 5. The van der Waals surface area contributed by atoms with Crippen LogP contribution in [0.25, 0.3) is 5.69 Å². The third-order valence-electron chi connectivity index (χ3n) is 3.91. The second kappa shape index (κ2) is 7.92. The Kier molecular flexibility index (Phi) is 5.55. The Hall–Kier alpha value is -3.40. The molecule has 2 aromatic heterocycles. The Morgan fingerprint density at radius 2 is 1.86 bits per heavy atom. The maximum Gasteiger partial charge on any atom is 0.416 e. The highest BCUT2D eigenvalue weighted by molar-refractivity contribution is 7.12. The number of methoxy groups -OCH3 is 1. The zero-order valence-corrected chi connectivity index (χ0v) is 15.6. The van der Waals surface area contributed by atoms with Gasteiger partial charge in [-0.25, -0.2) is 4.79 Å². The van der Waals surface area contributed by atoms with E-state index in [4.69, 9.17) is 4.74 Å². The monoisotopic (exact) mass is 422 g/mol. The minimum atomic E-state index is -4.58. The lowest BCUT2D eigenvalue weighted by Crippen LogP contribution is -2.25. The number of hydrogen-bond donors (Lipinski definition) is 1. The van der Waals surface area contributed by atoms with Gasteiger partial charge in [-0.15, -0.1) is 11.3 Å². The number of alkyl halides is 3. The summed E-state index contributed by atoms with van der Waals surface area (Å²) < 4.78 is 44.5. The number of Topliss-reactive ketones (excluding diaryl/α,β-unsaturated/α-hetero) is 1. The van der Waals surface area contributed by atoms with E-state index < -0.39 is 29.4 Å². The molecule has 1 aromatic carbocycles. The molecule has 0 spiro atoms. The van der Waals surface area contributed by atoms with Crippen molar-refractivity contribution in [2.24, 2.45) is 0 Å². The lowest BCUT2D eigenvalue weighted by molar-refractivity contribution is -0.137. The van der Waals surface area contributed by atoms with Gasteiger partial charge in [0.15, 0.2) is 0 Å². The highest BCUT2D eigenvalue weighted by Crippen LogP contribution is 2.30. The van der Waals surface area contributed by atoms with Gasteiger partial charge < -0.3 is 14.6 Å². The third-order valence-corrected chi connectivity index (χ3v) is 4.79. The molecule has 3 aromatic rings. The zero-order chi connectivity index (χ0) is 21.2. The third kappa shape index (κ3) is 4.21. The van der Waals surface area contributed by atoms with Gasteiger partial charge in [-0.1, -0.05) is 6.07 Å². The van der Waals surface area contributed by atoms with Crippen LogP contribution in [0.2, 0.25) is 0 Å². The van der Waals surface area contributed by atoms with Gasteiger partial charge in [-0.2, -0.15) is 13.2 Å². The number of thiophene rings is 1. The fraction of sp³-hybridized carbons (Fsp3) is 0.105. The second-order valence-electron chi connectivity index (χ2n) is 5.75. The number of aromatic nitrogens is 1. The maximum absolute atomic E-state index is 12.8. The van der Waals surface area contributed by atoms with Crippen molar-refractivity contribution in [1.82, 2.24) is 4.57 Å². The van der Waals surface area contributed by atoms with Gasteiger partial charge in [0, 0.05) is 11.9 Å². The van der Waals surface area contributed by atoms with Gasteiger partial charge in [0.25, 0.3) is 11.7 Å². The molecule has 0 fully saturated rings. The summed E-state index contributed by atoms with van der Waals surface area (Å²) >= 11 is 1.10. The van der Waals surface area contributed by atoms with E-state index in [9.17, 15) is 27.6 Å². The van der Waals surface area contributed by atoms with Crippen molar-refractivity contribution in [3.8, 4) is 5.69 Å². The van der Waals surface area contributed by atoms with Crippen molar-refractivity contribution in [3.05, 3.63) is 70.2 Å². The Balaban J connectivity index is 1.86. The number of nitrogens with one attached hydrogen (secondary N) is 1. The first-order chi connectivity index (χ1) is 13.7. The molecule has 0 atom stereocenters. The highest BCUT2D eigenvalue weighted by atomic mass is 32.1. The summed E-state index contributed by atoms with van der Waals surface area (Å²) in [6.45, 7) is 0. The van der Waals surface area contributed by atoms with E-state index in [1.165, 1.54) is 36.1 Å². The molecule has 150 valence electrons. The lowest BCUT2D eigenvalue weighted by atomic mass is 10.2. The molecule has 0 saturated heterocycles. The average molecular weight is 422 g/mol. The largest absolute Gasteiger partial charge is 0.465 e. The molecule has 0 bridgehead atoms. The molecule has 29 heavy (non-hydrogen) atoms. The molecule has 0 unspecified atom stereocenters. The minimum Gasteiger partial charge on any atom is -0.465 e. The van der Waals surface area contributed by atoms with Crippen LogP contribution < -0.4 is 5.32 Å². The molecule has 6 nitrogen and oxygen atoms in total. The molecule has 1 amide bonds. The zero-order valence-electron chi connectivity index (χ0n) is 14.8. The number of benzene rings is 1. The van der Waals surface area contributed by atoms with Crippen LogP contribution in [0.4, 0.5) is 18.9 Å². The van der Waals surface area contributed by atoms with Crippen LogP contribution in [0.5, 0.6) is 0 Å². The quantitative estimate of drug-likeness (QED) is 0.380. The van der Waals surface area contributed by atoms with Crippen molar-refractivity contribution in [2.45, 2.75) is 6.18 Å². The number of nitrogens with zero attached hydrogens (tertiary/aromatic N) is 1. The first-order valence-electron chi connectivity index (χ1n) is 8.09. The highest BCUT2D eigenvalue weighted by Gasteiger charge is 2.31. The molecule has 0 saturated carbocycles. The van der Waals surface area contributed by atoms with Crippen LogP contribution in [-0.2, 0) is 15.7 Å². The molecular formula is C19H13F3N2O4S. The number of esters is 1. The van der Waals surface area contributed by atoms with Crippen molar-refractivity contribution >= 4 is 34.7 Å². The summed E-state index contributed by atoms with van der Waals surface area (Å²) in [7, 11) is 1.22. The average Bonchev–Trinajstić information content (AvgIpc) is 3.35. The van der Waals surface area contributed by atoms with Crippen LogP contribution in [0, 0.1) is 0 Å². The number of ether oxygens (including phenoxy) is 1. The molecule has 10 heteroatoms. The Labute approximate surface area is 166 Å². The van der Waals surface area contributed by atoms with E-state index in [0.717, 1.165) is 29.5 Å². The molecule has 1 N–H and O–H groups in total. The molecule has 3 rings (SSSR count). The van der Waals surface area contributed by atoms with Crippen LogP contribution in [0.1, 0.15) is 25.7 Å². The Bertz CT molecular complexity index is 1090. The molecule has 0 aliphatic heterocycles. The number of carbonyl (C=O) groups is 3. The number of ketones is 1. The first-order valence-corrected chi connectivity index (χ1v) is 8.97. The van der Waals surface area contributed by atoms with Gasteiger partial charge in [-0.05, 0) is 41.8 Å². The molecule has 0 aliphatic carbocycles. The summed E-state index contributed by atoms with van der Waals surface area (Å²) in [4.78, 5) is 37.0. The molecule has 0 radical (unpaired) electrons. The fourth-order valence-corrected chi connectivity index (χ4v) is 3.39. The Morgan fingerprint density at radius 3 is 2.55 bits per heavy atom. The predicted octanol–water partition coefficient (Wildman–Crippen LogP) is 4.17. The van der Waals surface area contributed by atoms with Crippen molar-refractivity contribution < 1.29 is 32.3 Å². The van der Waals surface area contributed by atoms with Gasteiger partial charge in [0.05, 0.1) is 24.1 Å². The minimum absolute atomic E-state index is 0.0574. The van der Waals surface area contributed by atoms with Crippen LogP contribution in [0.15, 0.2) is 54.0 Å². The number of amides is 1. The predicted molar refractivity (Wildman–Crippen MR) is 99.4 cm³/mol. The number of halogens is 3. The van der Waals surface area contributed by atoms with Gasteiger partial charge in [-0.3, -0.25) is 9.59 Å². The summed E-state index contributed by atoms with van der Waals surface area (Å²) in [5.74, 6) is -2.69. The summed E-state index contributed by atoms with van der Waals surface area (Å²) in [5, 5.41) is 3.80. The van der Waals surface area contributed by atoms with Gasteiger partial charge in [0.2, 0.25) is 0 Å². The number of anilines is 1. The first kappa shape index (κ1) is 20.3. The van der Waals surface area contributed by atoms with E-state index in [1.54, 1.807) is 11.4 Å². The molecule has 0 aliphatic rings.